The second-order valence-corrected chi connectivity index (χ2v) is 2.28. The normalized spacial score (nSPS) is 9.07. The average molecular weight is 209 g/mol. The van der Waals surface area contributed by atoms with Crippen LogP contribution in [-0.4, -0.2) is 5.91 Å². The maximum Gasteiger partial charge on any atom is 0.248 e. The van der Waals surface area contributed by atoms with Gasteiger partial charge in [0.25, 0.3) is 0 Å². The molecule has 0 radical (unpaired) electrons. The maximum atomic E-state index is 10.6. The highest BCUT2D eigenvalue weighted by Crippen LogP contribution is 2.04. The summed E-state index contributed by atoms with van der Waals surface area (Å²) in [6.07, 6.45) is 4.75. The molecule has 0 bridgehead atoms. The Labute approximate surface area is 93.9 Å². The van der Waals surface area contributed by atoms with Gasteiger partial charge in [0.15, 0.2) is 0 Å². The molecule has 86 valence electrons. The third-order valence-electron chi connectivity index (χ3n) is 1.20. The minimum atomic E-state index is -0.465. The van der Waals surface area contributed by atoms with E-state index in [0.29, 0.717) is 5.57 Å². The number of amides is 1. The lowest BCUT2D eigenvalue weighted by molar-refractivity contribution is -0.114. The van der Waals surface area contributed by atoms with Crippen molar-refractivity contribution >= 4 is 5.91 Å². The highest BCUT2D eigenvalue weighted by Gasteiger charge is 2.00. The third-order valence-corrected chi connectivity index (χ3v) is 1.20. The smallest absolute Gasteiger partial charge is 0.248 e. The van der Waals surface area contributed by atoms with Crippen LogP contribution in [0.3, 0.4) is 0 Å². The predicted molar refractivity (Wildman–Crippen MR) is 69.5 cm³/mol. The molecule has 0 fully saturated rings. The molecule has 0 aromatic heterocycles. The molecule has 2 N–H and O–H groups in total. The summed E-state index contributed by atoms with van der Waals surface area (Å²) >= 11 is 0. The van der Waals surface area contributed by atoms with Gasteiger partial charge in [0.05, 0.1) is 0 Å². The Hall–Kier alpha value is -1.57. The average Bonchev–Trinajstić information content (AvgIpc) is 2.22. The molecule has 0 rings (SSSR count). The quantitative estimate of drug-likeness (QED) is 0.432. The second-order valence-electron chi connectivity index (χ2n) is 2.28. The molecule has 0 aromatic carbocycles. The summed E-state index contributed by atoms with van der Waals surface area (Å²) in [6.45, 7) is 18.0. The topological polar surface area (TPSA) is 43.1 Å². The van der Waals surface area contributed by atoms with E-state index in [2.05, 4.69) is 19.7 Å². The van der Waals surface area contributed by atoms with Gasteiger partial charge in [-0.15, -0.1) is 6.58 Å². The molecule has 0 heterocycles. The van der Waals surface area contributed by atoms with Gasteiger partial charge >= 0.3 is 0 Å². The van der Waals surface area contributed by atoms with E-state index in [-0.39, 0.29) is 0 Å². The number of carbonyl (C=O) groups is 1. The Morgan fingerprint density at radius 3 is 1.53 bits per heavy atom. The Bertz CT molecular complexity index is 237. The number of primary amides is 1. The fourth-order valence-electron chi connectivity index (χ4n) is 0.566. The van der Waals surface area contributed by atoms with E-state index in [9.17, 15) is 4.79 Å². The van der Waals surface area contributed by atoms with E-state index in [1.54, 1.807) is 19.1 Å². The molecule has 15 heavy (non-hydrogen) atoms. The molecule has 0 aliphatic rings. The number of allylic oxidation sites excluding steroid dienone is 3. The molecule has 0 unspecified atom stereocenters. The lowest BCUT2D eigenvalue weighted by atomic mass is 10.1. The molecular formula is C13H23NO. The number of rotatable bonds is 3. The zero-order valence-electron chi connectivity index (χ0n) is 10.3. The molecule has 0 spiro atoms. The van der Waals surface area contributed by atoms with Crippen LogP contribution in [0.25, 0.3) is 0 Å². The Morgan fingerprint density at radius 1 is 1.13 bits per heavy atom. The summed E-state index contributed by atoms with van der Waals surface area (Å²) in [5.74, 6) is -0.465. The SMILES string of the molecule is C=C/C(C)=C(\C=C)C(N)=O.C=CC.CC. The van der Waals surface area contributed by atoms with Gasteiger partial charge in [-0.05, 0) is 19.4 Å². The number of carbonyl (C=O) groups excluding carboxylic acids is 1. The van der Waals surface area contributed by atoms with Crippen LogP contribution >= 0.6 is 0 Å². The van der Waals surface area contributed by atoms with E-state index < -0.39 is 5.91 Å². The molecule has 2 nitrogen and oxygen atoms in total. The molecule has 0 aromatic rings. The molecular weight excluding hydrogens is 186 g/mol. The van der Waals surface area contributed by atoms with Crippen LogP contribution in [0.5, 0.6) is 0 Å². The van der Waals surface area contributed by atoms with Crippen LogP contribution < -0.4 is 5.73 Å². The Balaban J connectivity index is -0.000000245. The van der Waals surface area contributed by atoms with E-state index in [0.717, 1.165) is 5.57 Å². The maximum absolute atomic E-state index is 10.6. The fraction of sp³-hybridized carbons (Fsp3) is 0.308. The molecule has 0 aliphatic carbocycles. The van der Waals surface area contributed by atoms with Crippen LogP contribution in [0.2, 0.25) is 0 Å². The van der Waals surface area contributed by atoms with Crippen molar-refractivity contribution in [3.05, 3.63) is 49.1 Å². The van der Waals surface area contributed by atoms with E-state index in [4.69, 9.17) is 5.73 Å². The van der Waals surface area contributed by atoms with Gasteiger partial charge in [-0.25, -0.2) is 0 Å². The standard InChI is InChI=1S/C8H11NO.C3H6.C2H6/c1-4-6(3)7(5-2)8(9)10;1-3-2;1-2/h4-5H,1-2H2,3H3,(H2,9,10);3H,1H2,2H3;1-2H3/b7-6+;;. The first-order valence-corrected chi connectivity index (χ1v) is 4.87. The highest BCUT2D eigenvalue weighted by molar-refractivity contribution is 5.95. The minimum absolute atomic E-state index is 0.426. The van der Waals surface area contributed by atoms with Crippen LogP contribution in [0.1, 0.15) is 27.7 Å². The first-order valence-electron chi connectivity index (χ1n) is 4.87. The summed E-state index contributed by atoms with van der Waals surface area (Å²) in [5.41, 5.74) is 6.19. The number of hydrogen-bond donors (Lipinski definition) is 1. The van der Waals surface area contributed by atoms with Crippen LogP contribution in [0.4, 0.5) is 0 Å². The molecule has 2 heteroatoms. The molecule has 0 atom stereocenters. The van der Waals surface area contributed by atoms with Crippen LogP contribution in [0, 0.1) is 0 Å². The van der Waals surface area contributed by atoms with E-state index in [1.165, 1.54) is 6.08 Å². The predicted octanol–water partition coefficient (Wildman–Crippen LogP) is 3.38. The minimum Gasteiger partial charge on any atom is -0.366 e. The van der Waals surface area contributed by atoms with E-state index in [1.807, 2.05) is 20.8 Å². The summed E-state index contributed by atoms with van der Waals surface area (Å²) in [6, 6.07) is 0. The lowest BCUT2D eigenvalue weighted by Crippen LogP contribution is -2.13. The van der Waals surface area contributed by atoms with Crippen molar-refractivity contribution in [2.75, 3.05) is 0 Å². The van der Waals surface area contributed by atoms with Crippen molar-refractivity contribution < 1.29 is 4.79 Å². The van der Waals surface area contributed by atoms with Gasteiger partial charge in [-0.2, -0.15) is 0 Å². The first kappa shape index (κ1) is 19.1. The van der Waals surface area contributed by atoms with Crippen molar-refractivity contribution in [3.63, 3.8) is 0 Å². The third kappa shape index (κ3) is 12.4. The van der Waals surface area contributed by atoms with Crippen LogP contribution in [0.15, 0.2) is 49.1 Å². The Morgan fingerprint density at radius 2 is 1.47 bits per heavy atom. The summed E-state index contributed by atoms with van der Waals surface area (Å²) in [7, 11) is 0. The molecule has 1 amide bonds. The van der Waals surface area contributed by atoms with Crippen molar-refractivity contribution in [3.8, 4) is 0 Å². The van der Waals surface area contributed by atoms with Crippen molar-refractivity contribution in [1.29, 1.82) is 0 Å². The summed E-state index contributed by atoms with van der Waals surface area (Å²) < 4.78 is 0. The van der Waals surface area contributed by atoms with Crippen molar-refractivity contribution in [1.82, 2.24) is 0 Å². The second kappa shape index (κ2) is 14.9. The monoisotopic (exact) mass is 209 g/mol. The van der Waals surface area contributed by atoms with Crippen molar-refractivity contribution in [2.24, 2.45) is 5.73 Å². The van der Waals surface area contributed by atoms with E-state index >= 15 is 0 Å². The molecule has 0 saturated carbocycles. The number of nitrogens with two attached hydrogens (primary N) is 1. The van der Waals surface area contributed by atoms with Gasteiger partial charge in [-0.3, -0.25) is 4.79 Å². The summed E-state index contributed by atoms with van der Waals surface area (Å²) in [5, 5.41) is 0. The lowest BCUT2D eigenvalue weighted by Gasteiger charge is -1.97. The van der Waals surface area contributed by atoms with Gasteiger partial charge < -0.3 is 5.73 Å². The van der Waals surface area contributed by atoms with Gasteiger partial charge in [-0.1, -0.05) is 45.2 Å². The van der Waals surface area contributed by atoms with Gasteiger partial charge in [0.1, 0.15) is 0 Å². The molecule has 0 saturated heterocycles. The largest absolute Gasteiger partial charge is 0.366 e. The zero-order valence-corrected chi connectivity index (χ0v) is 10.3. The van der Waals surface area contributed by atoms with Gasteiger partial charge in [0.2, 0.25) is 5.91 Å². The number of hydrogen-bond acceptors (Lipinski definition) is 1. The van der Waals surface area contributed by atoms with Crippen molar-refractivity contribution in [2.45, 2.75) is 27.7 Å². The fourth-order valence-corrected chi connectivity index (χ4v) is 0.566. The summed E-state index contributed by atoms with van der Waals surface area (Å²) in [4.78, 5) is 10.6. The zero-order chi connectivity index (χ0) is 12.9. The first-order chi connectivity index (χ1) is 7.04. The van der Waals surface area contributed by atoms with Gasteiger partial charge in [0, 0.05) is 5.57 Å². The molecule has 0 aliphatic heterocycles. The Kier molecular flexibility index (Phi) is 19.0. The highest BCUT2D eigenvalue weighted by atomic mass is 16.1. The van der Waals surface area contributed by atoms with Crippen LogP contribution in [-0.2, 0) is 4.79 Å².